The molecule has 0 bridgehead atoms. The van der Waals surface area contributed by atoms with Crippen LogP contribution in [0.15, 0.2) is 36.4 Å². The molecule has 2 aromatic rings. The number of nitrogens with zero attached hydrogens (tertiary/aromatic N) is 1. The maximum Gasteiger partial charge on any atom is 0.391 e. The van der Waals surface area contributed by atoms with Gasteiger partial charge >= 0.3 is 12.1 Å². The first-order valence-corrected chi connectivity index (χ1v) is 11.0. The van der Waals surface area contributed by atoms with E-state index in [1.807, 2.05) is 24.3 Å². The van der Waals surface area contributed by atoms with E-state index < -0.39 is 18.1 Å². The third-order valence-corrected chi connectivity index (χ3v) is 6.68. The van der Waals surface area contributed by atoms with Gasteiger partial charge in [-0.1, -0.05) is 24.3 Å². The van der Waals surface area contributed by atoms with E-state index in [1.54, 1.807) is 0 Å². The van der Waals surface area contributed by atoms with Gasteiger partial charge in [-0.15, -0.1) is 0 Å². The zero-order valence-corrected chi connectivity index (χ0v) is 17.4. The van der Waals surface area contributed by atoms with Crippen molar-refractivity contribution in [3.63, 3.8) is 0 Å². The molecule has 31 heavy (non-hydrogen) atoms. The molecule has 0 aromatic heterocycles. The molecule has 0 amide bonds. The highest BCUT2D eigenvalue weighted by Gasteiger charge is 2.41. The molecule has 1 heterocycles. The van der Waals surface area contributed by atoms with Crippen LogP contribution in [0.2, 0.25) is 0 Å². The number of halogens is 3. The Hall–Kier alpha value is -2.28. The van der Waals surface area contributed by atoms with Gasteiger partial charge in [0.25, 0.3) is 0 Å². The molecule has 1 aliphatic carbocycles. The fourth-order valence-electron chi connectivity index (χ4n) is 4.79. The molecule has 4 rings (SSSR count). The van der Waals surface area contributed by atoms with Crippen LogP contribution in [0, 0.1) is 11.8 Å². The number of hydrogen-bond acceptors (Lipinski definition) is 3. The van der Waals surface area contributed by atoms with Gasteiger partial charge in [0.1, 0.15) is 5.75 Å². The van der Waals surface area contributed by atoms with Gasteiger partial charge in [0.05, 0.1) is 17.9 Å². The second-order valence-electron chi connectivity index (χ2n) is 8.83. The Balaban J connectivity index is 1.39. The number of benzene rings is 2. The summed E-state index contributed by atoms with van der Waals surface area (Å²) in [5.41, 5.74) is 1.16. The molecule has 0 atom stereocenters. The highest BCUT2D eigenvalue weighted by Crippen LogP contribution is 2.39. The molecule has 1 aliphatic heterocycles. The van der Waals surface area contributed by atoms with Gasteiger partial charge in [0, 0.05) is 11.9 Å². The molecule has 0 radical (unpaired) electrons. The van der Waals surface area contributed by atoms with Crippen molar-refractivity contribution in [2.75, 3.05) is 13.1 Å². The number of carboxylic acids is 1. The molecule has 1 saturated carbocycles. The average Bonchev–Trinajstić information content (AvgIpc) is 2.74. The van der Waals surface area contributed by atoms with Crippen LogP contribution in [-0.4, -0.2) is 41.3 Å². The van der Waals surface area contributed by atoms with Crippen molar-refractivity contribution in [3.8, 4) is 5.75 Å². The Morgan fingerprint density at radius 2 is 1.74 bits per heavy atom. The largest absolute Gasteiger partial charge is 0.490 e. The number of hydrogen-bond donors (Lipinski definition) is 1. The SMILES string of the molecule is O=C(O)C1CCN(Cc2ccc3c(O[C@H]4CC[C@H](C(F)(F)F)CC4)cccc3c2)CC1. The number of carbonyl (C=O) groups is 1. The Morgan fingerprint density at radius 3 is 2.39 bits per heavy atom. The van der Waals surface area contributed by atoms with Crippen LogP contribution in [0.1, 0.15) is 44.1 Å². The Morgan fingerprint density at radius 1 is 1.03 bits per heavy atom. The van der Waals surface area contributed by atoms with Crippen LogP contribution in [0.5, 0.6) is 5.75 Å². The van der Waals surface area contributed by atoms with E-state index in [4.69, 9.17) is 9.84 Å². The molecule has 4 nitrogen and oxygen atoms in total. The molecule has 7 heteroatoms. The van der Waals surface area contributed by atoms with E-state index in [2.05, 4.69) is 17.0 Å². The number of alkyl halides is 3. The normalized spacial score (nSPS) is 23.7. The van der Waals surface area contributed by atoms with Gasteiger partial charge in [-0.25, -0.2) is 0 Å². The minimum Gasteiger partial charge on any atom is -0.490 e. The van der Waals surface area contributed by atoms with Crippen LogP contribution in [0.25, 0.3) is 10.8 Å². The summed E-state index contributed by atoms with van der Waals surface area (Å²) in [6.07, 6.45) is -1.84. The van der Waals surface area contributed by atoms with Crippen molar-refractivity contribution in [3.05, 3.63) is 42.0 Å². The molecule has 2 aromatic carbocycles. The van der Waals surface area contributed by atoms with Crippen molar-refractivity contribution in [1.29, 1.82) is 0 Å². The van der Waals surface area contributed by atoms with Gasteiger partial charge in [0.15, 0.2) is 0 Å². The van der Waals surface area contributed by atoms with Crippen molar-refractivity contribution < 1.29 is 27.8 Å². The van der Waals surface area contributed by atoms with Crippen molar-refractivity contribution in [2.45, 2.75) is 57.3 Å². The lowest BCUT2D eigenvalue weighted by atomic mass is 9.87. The minimum atomic E-state index is -4.11. The summed E-state index contributed by atoms with van der Waals surface area (Å²) in [6.45, 7) is 2.33. The second-order valence-corrected chi connectivity index (χ2v) is 8.83. The summed E-state index contributed by atoms with van der Waals surface area (Å²) in [6, 6.07) is 12.0. The van der Waals surface area contributed by atoms with E-state index in [9.17, 15) is 18.0 Å². The molecular formula is C24H28F3NO3. The number of fused-ring (bicyclic) bond motifs is 1. The molecule has 0 spiro atoms. The van der Waals surface area contributed by atoms with Crippen LogP contribution in [-0.2, 0) is 11.3 Å². The zero-order valence-electron chi connectivity index (χ0n) is 17.4. The molecule has 2 aliphatic rings. The van der Waals surface area contributed by atoms with Gasteiger partial charge < -0.3 is 9.84 Å². The van der Waals surface area contributed by atoms with Crippen molar-refractivity contribution >= 4 is 16.7 Å². The van der Waals surface area contributed by atoms with E-state index >= 15 is 0 Å². The van der Waals surface area contributed by atoms with Crippen molar-refractivity contribution in [2.24, 2.45) is 11.8 Å². The van der Waals surface area contributed by atoms with E-state index in [-0.39, 0.29) is 24.9 Å². The number of piperidine rings is 1. The summed E-state index contributed by atoms with van der Waals surface area (Å²) in [5.74, 6) is -1.42. The van der Waals surface area contributed by atoms with Crippen LogP contribution in [0.4, 0.5) is 13.2 Å². The van der Waals surface area contributed by atoms with Gasteiger partial charge in [-0.2, -0.15) is 13.2 Å². The van der Waals surface area contributed by atoms with E-state index in [0.29, 0.717) is 25.7 Å². The lowest BCUT2D eigenvalue weighted by Gasteiger charge is -2.30. The number of rotatable bonds is 5. The highest BCUT2D eigenvalue weighted by atomic mass is 19.4. The number of carboxylic acid groups (broad SMARTS) is 1. The van der Waals surface area contributed by atoms with Gasteiger partial charge in [-0.05, 0) is 74.7 Å². The predicted octanol–water partition coefficient (Wildman–Crippen LogP) is 5.64. The first kappa shape index (κ1) is 21.9. The summed E-state index contributed by atoms with van der Waals surface area (Å²) >= 11 is 0. The highest BCUT2D eigenvalue weighted by molar-refractivity contribution is 5.88. The predicted molar refractivity (Wildman–Crippen MR) is 112 cm³/mol. The third-order valence-electron chi connectivity index (χ3n) is 6.68. The summed E-state index contributed by atoms with van der Waals surface area (Å²) < 4.78 is 44.8. The maximum atomic E-state index is 12.9. The maximum absolute atomic E-state index is 12.9. The van der Waals surface area contributed by atoms with Crippen LogP contribution < -0.4 is 4.74 Å². The second kappa shape index (κ2) is 9.07. The van der Waals surface area contributed by atoms with E-state index in [1.165, 1.54) is 0 Å². The smallest absolute Gasteiger partial charge is 0.391 e. The Labute approximate surface area is 180 Å². The lowest BCUT2D eigenvalue weighted by molar-refractivity contribution is -0.185. The molecule has 0 unspecified atom stereocenters. The molecular weight excluding hydrogens is 407 g/mol. The summed E-state index contributed by atoms with van der Waals surface area (Å²) in [4.78, 5) is 13.4. The van der Waals surface area contributed by atoms with Crippen molar-refractivity contribution in [1.82, 2.24) is 4.90 Å². The average molecular weight is 435 g/mol. The molecule has 1 saturated heterocycles. The molecule has 2 fully saturated rings. The minimum absolute atomic E-state index is 0.127. The summed E-state index contributed by atoms with van der Waals surface area (Å²) in [5, 5.41) is 11.2. The molecule has 1 N–H and O–H groups in total. The van der Waals surface area contributed by atoms with E-state index in [0.717, 1.165) is 41.7 Å². The first-order chi connectivity index (χ1) is 14.8. The standard InChI is InChI=1S/C24H28F3NO3/c25-24(26,27)19-5-7-20(8-6-19)31-22-3-1-2-18-14-16(4-9-21(18)22)15-28-12-10-17(11-13-28)23(29)30/h1-4,9,14,17,19-20H,5-8,10-13,15H2,(H,29,30)/t19-,20-. The first-order valence-electron chi connectivity index (χ1n) is 11.0. The lowest BCUT2D eigenvalue weighted by Crippen LogP contribution is -2.35. The quantitative estimate of drug-likeness (QED) is 0.661. The fraction of sp³-hybridized carbons (Fsp3) is 0.542. The topological polar surface area (TPSA) is 49.8 Å². The number of likely N-dealkylation sites (tertiary alicyclic amines) is 1. The Kier molecular flexibility index (Phi) is 6.42. The van der Waals surface area contributed by atoms with Crippen LogP contribution in [0.3, 0.4) is 0 Å². The zero-order chi connectivity index (χ0) is 22.0. The number of ether oxygens (including phenoxy) is 1. The third kappa shape index (κ3) is 5.32. The monoisotopic (exact) mass is 435 g/mol. The van der Waals surface area contributed by atoms with Gasteiger partial charge in [-0.3, -0.25) is 9.69 Å². The van der Waals surface area contributed by atoms with Crippen LogP contribution >= 0.6 is 0 Å². The summed E-state index contributed by atoms with van der Waals surface area (Å²) in [7, 11) is 0. The fourth-order valence-corrected chi connectivity index (χ4v) is 4.79. The van der Waals surface area contributed by atoms with Gasteiger partial charge in [0.2, 0.25) is 0 Å². The number of aliphatic carboxylic acids is 1. The Bertz CT molecular complexity index is 914. The molecule has 168 valence electrons.